The molecule has 3 aromatic rings. The number of nitrogens with one attached hydrogen (secondary N) is 1. The zero-order chi connectivity index (χ0) is 22.4. The second kappa shape index (κ2) is 10.4. The Labute approximate surface area is 187 Å². The molecule has 0 spiro atoms. The van der Waals surface area contributed by atoms with Crippen molar-refractivity contribution >= 4 is 17.6 Å². The highest BCUT2D eigenvalue weighted by atomic mass is 35.5. The van der Waals surface area contributed by atoms with Crippen molar-refractivity contribution in [2.24, 2.45) is 0 Å². The summed E-state index contributed by atoms with van der Waals surface area (Å²) >= 11 is 6.38. The summed E-state index contributed by atoms with van der Waals surface area (Å²) in [6.07, 6.45) is -1.01. The van der Waals surface area contributed by atoms with Crippen molar-refractivity contribution in [1.29, 1.82) is 0 Å². The molecule has 0 saturated heterocycles. The van der Waals surface area contributed by atoms with Crippen molar-refractivity contribution in [1.82, 2.24) is 5.32 Å². The molecule has 3 N–H and O–H groups in total. The SMILES string of the molecule is Cc1c(COc2ccc(CN[C@H](C(=O)O)[C@H](C)O)cc2Cl)cccc1-c1ccccc1. The lowest BCUT2D eigenvalue weighted by Gasteiger charge is -2.17. The predicted molar refractivity (Wildman–Crippen MR) is 122 cm³/mol. The van der Waals surface area contributed by atoms with Crippen molar-refractivity contribution in [3.05, 3.63) is 88.4 Å². The van der Waals surface area contributed by atoms with Crippen molar-refractivity contribution in [2.75, 3.05) is 0 Å². The molecule has 0 bridgehead atoms. The van der Waals surface area contributed by atoms with Gasteiger partial charge in [0.15, 0.2) is 0 Å². The first-order valence-electron chi connectivity index (χ1n) is 10.1. The molecule has 0 aliphatic heterocycles. The number of ether oxygens (including phenoxy) is 1. The molecule has 3 rings (SSSR count). The van der Waals surface area contributed by atoms with Crippen molar-refractivity contribution in [2.45, 2.75) is 39.1 Å². The third-order valence-electron chi connectivity index (χ3n) is 5.18. The van der Waals surface area contributed by atoms with Crippen molar-refractivity contribution < 1.29 is 19.7 Å². The highest BCUT2D eigenvalue weighted by molar-refractivity contribution is 6.32. The Kier molecular flexibility index (Phi) is 7.69. The highest BCUT2D eigenvalue weighted by Crippen LogP contribution is 2.29. The molecule has 6 heteroatoms. The van der Waals surface area contributed by atoms with Gasteiger partial charge in [0.25, 0.3) is 0 Å². The van der Waals surface area contributed by atoms with Gasteiger partial charge in [0, 0.05) is 6.54 Å². The molecule has 2 atom stereocenters. The zero-order valence-corrected chi connectivity index (χ0v) is 18.3. The summed E-state index contributed by atoms with van der Waals surface area (Å²) < 4.78 is 5.97. The van der Waals surface area contributed by atoms with E-state index >= 15 is 0 Å². The second-order valence-electron chi connectivity index (χ2n) is 7.45. The fraction of sp³-hybridized carbons (Fsp3) is 0.240. The maximum absolute atomic E-state index is 11.2. The van der Waals surface area contributed by atoms with E-state index in [-0.39, 0.29) is 6.54 Å². The fourth-order valence-corrected chi connectivity index (χ4v) is 3.65. The molecular weight excluding hydrogens is 414 g/mol. The molecule has 0 aliphatic rings. The topological polar surface area (TPSA) is 78.8 Å². The van der Waals surface area contributed by atoms with Gasteiger partial charge >= 0.3 is 5.97 Å². The van der Waals surface area contributed by atoms with E-state index in [9.17, 15) is 9.90 Å². The van der Waals surface area contributed by atoms with Crippen LogP contribution >= 0.6 is 11.6 Å². The van der Waals surface area contributed by atoms with E-state index in [1.54, 1.807) is 12.1 Å². The molecule has 0 amide bonds. The first kappa shape index (κ1) is 22.8. The smallest absolute Gasteiger partial charge is 0.323 e. The first-order chi connectivity index (χ1) is 14.9. The lowest BCUT2D eigenvalue weighted by Crippen LogP contribution is -2.44. The normalized spacial score (nSPS) is 12.9. The minimum atomic E-state index is -1.10. The van der Waals surface area contributed by atoms with Gasteiger partial charge in [0.1, 0.15) is 18.4 Å². The molecule has 0 radical (unpaired) electrons. The van der Waals surface area contributed by atoms with E-state index in [0.29, 0.717) is 17.4 Å². The van der Waals surface area contributed by atoms with Gasteiger partial charge in [0.05, 0.1) is 11.1 Å². The number of rotatable bonds is 9. The standard InChI is InChI=1S/C25H26ClNO4/c1-16-20(9-6-10-21(16)19-7-4-3-5-8-19)15-31-23-12-11-18(13-22(23)26)14-27-24(17(2)28)25(29)30/h3-13,17,24,27-28H,14-15H2,1-2H3,(H,29,30)/t17-,24-/m0/s1. The molecule has 0 aliphatic carbocycles. The number of aliphatic carboxylic acids is 1. The van der Waals surface area contributed by atoms with E-state index in [1.807, 2.05) is 36.4 Å². The Bertz CT molecular complexity index is 1040. The Morgan fingerprint density at radius 3 is 2.48 bits per heavy atom. The summed E-state index contributed by atoms with van der Waals surface area (Å²) in [4.78, 5) is 11.2. The number of carbonyl (C=O) groups is 1. The van der Waals surface area contributed by atoms with Crippen LogP contribution in [0.15, 0.2) is 66.7 Å². The van der Waals surface area contributed by atoms with E-state index in [0.717, 1.165) is 22.3 Å². The van der Waals surface area contributed by atoms with Crippen LogP contribution in [0.4, 0.5) is 0 Å². The van der Waals surface area contributed by atoms with Crippen LogP contribution in [0.3, 0.4) is 0 Å². The van der Waals surface area contributed by atoms with E-state index in [2.05, 4.69) is 30.4 Å². The molecule has 3 aromatic carbocycles. The largest absolute Gasteiger partial charge is 0.487 e. The Hall–Kier alpha value is -2.86. The summed E-state index contributed by atoms with van der Waals surface area (Å²) in [5.41, 5.74) is 5.35. The quantitative estimate of drug-likeness (QED) is 0.445. The van der Waals surface area contributed by atoms with Gasteiger partial charge in [-0.05, 0) is 53.8 Å². The van der Waals surface area contributed by atoms with Crippen molar-refractivity contribution in [3.63, 3.8) is 0 Å². The first-order valence-corrected chi connectivity index (χ1v) is 10.4. The van der Waals surface area contributed by atoms with E-state index < -0.39 is 18.1 Å². The van der Waals surface area contributed by atoms with Crippen molar-refractivity contribution in [3.8, 4) is 16.9 Å². The number of aliphatic hydroxyl groups excluding tert-OH is 1. The number of aliphatic hydroxyl groups is 1. The van der Waals surface area contributed by atoms with Gasteiger partial charge in [0.2, 0.25) is 0 Å². The molecular formula is C25H26ClNO4. The monoisotopic (exact) mass is 439 g/mol. The van der Waals surface area contributed by atoms with Gasteiger partial charge in [-0.15, -0.1) is 0 Å². The van der Waals surface area contributed by atoms with Gasteiger partial charge in [-0.2, -0.15) is 0 Å². The van der Waals surface area contributed by atoms with Crippen LogP contribution < -0.4 is 10.1 Å². The third kappa shape index (κ3) is 5.85. The molecule has 162 valence electrons. The number of hydrogen-bond donors (Lipinski definition) is 3. The molecule has 0 aromatic heterocycles. The number of halogens is 1. The second-order valence-corrected chi connectivity index (χ2v) is 7.85. The van der Waals surface area contributed by atoms with Crippen LogP contribution in [0.2, 0.25) is 5.02 Å². The summed E-state index contributed by atoms with van der Waals surface area (Å²) in [5, 5.41) is 22.0. The molecule has 0 fully saturated rings. The van der Waals surface area contributed by atoms with Crippen LogP contribution in [0, 0.1) is 6.92 Å². The molecule has 0 heterocycles. The van der Waals surface area contributed by atoms with Gasteiger partial charge < -0.3 is 14.9 Å². The van der Waals surface area contributed by atoms with Gasteiger partial charge in [-0.25, -0.2) is 0 Å². The minimum absolute atomic E-state index is 0.264. The average molecular weight is 440 g/mol. The number of benzene rings is 3. The Balaban J connectivity index is 1.67. The Morgan fingerprint density at radius 1 is 1.10 bits per heavy atom. The van der Waals surface area contributed by atoms with E-state index in [4.69, 9.17) is 21.4 Å². The zero-order valence-electron chi connectivity index (χ0n) is 17.5. The van der Waals surface area contributed by atoms with Gasteiger partial charge in [-0.1, -0.05) is 66.2 Å². The van der Waals surface area contributed by atoms with Crippen LogP contribution in [-0.2, 0) is 17.9 Å². The van der Waals surface area contributed by atoms with Crippen LogP contribution in [0.5, 0.6) is 5.75 Å². The lowest BCUT2D eigenvalue weighted by molar-refractivity contribution is -0.142. The average Bonchev–Trinajstić information content (AvgIpc) is 2.74. The summed E-state index contributed by atoms with van der Waals surface area (Å²) in [7, 11) is 0. The number of carboxylic acids is 1. The lowest BCUT2D eigenvalue weighted by atomic mass is 9.97. The fourth-order valence-electron chi connectivity index (χ4n) is 3.39. The van der Waals surface area contributed by atoms with E-state index in [1.165, 1.54) is 12.5 Å². The Morgan fingerprint density at radius 2 is 1.84 bits per heavy atom. The van der Waals surface area contributed by atoms with Crippen LogP contribution in [0.25, 0.3) is 11.1 Å². The summed E-state index contributed by atoms with van der Waals surface area (Å²) in [5.74, 6) is -0.547. The van der Waals surface area contributed by atoms with Crippen LogP contribution in [-0.4, -0.2) is 28.3 Å². The maximum atomic E-state index is 11.2. The summed E-state index contributed by atoms with van der Waals surface area (Å²) in [6.45, 7) is 4.16. The minimum Gasteiger partial charge on any atom is -0.487 e. The predicted octanol–water partition coefficient (Wildman–Crippen LogP) is 4.82. The molecule has 31 heavy (non-hydrogen) atoms. The highest BCUT2D eigenvalue weighted by Gasteiger charge is 2.22. The number of hydrogen-bond acceptors (Lipinski definition) is 4. The van der Waals surface area contributed by atoms with Gasteiger partial charge in [-0.3, -0.25) is 10.1 Å². The van der Waals surface area contributed by atoms with Crippen LogP contribution in [0.1, 0.15) is 23.6 Å². The molecule has 5 nitrogen and oxygen atoms in total. The summed E-state index contributed by atoms with van der Waals surface area (Å²) in [6, 6.07) is 20.7. The molecule has 0 unspecified atom stereocenters. The third-order valence-corrected chi connectivity index (χ3v) is 5.48. The number of carboxylic acid groups (broad SMARTS) is 1. The molecule has 0 saturated carbocycles. The maximum Gasteiger partial charge on any atom is 0.323 e.